The molecular formula is C9H14N2O. The second-order valence-electron chi connectivity index (χ2n) is 3.14. The molecular weight excluding hydrogens is 152 g/mol. The van der Waals surface area contributed by atoms with E-state index in [9.17, 15) is 0 Å². The molecule has 0 unspecified atom stereocenters. The van der Waals surface area contributed by atoms with Gasteiger partial charge in [-0.05, 0) is 18.9 Å². The Morgan fingerprint density at radius 3 is 2.58 bits per heavy atom. The van der Waals surface area contributed by atoms with Crippen LogP contribution in [0.1, 0.15) is 25.3 Å². The highest BCUT2D eigenvalue weighted by molar-refractivity contribution is 5.61. The summed E-state index contributed by atoms with van der Waals surface area (Å²) in [4.78, 5) is 0. The normalized spacial score (nSPS) is 11.7. The van der Waals surface area contributed by atoms with Gasteiger partial charge in [-0.25, -0.2) is 0 Å². The van der Waals surface area contributed by atoms with Gasteiger partial charge in [0, 0.05) is 0 Å². The number of nitrogens with zero attached hydrogens (tertiary/aromatic N) is 1. The third kappa shape index (κ3) is 1.87. The topological polar surface area (TPSA) is 52.0 Å². The van der Waals surface area contributed by atoms with Crippen molar-refractivity contribution in [3.05, 3.63) is 17.5 Å². The van der Waals surface area contributed by atoms with Crippen molar-refractivity contribution >= 4 is 11.8 Å². The molecule has 0 aromatic carbocycles. The van der Waals surface area contributed by atoms with Gasteiger partial charge < -0.3 is 10.3 Å². The Labute approximate surface area is 72.2 Å². The summed E-state index contributed by atoms with van der Waals surface area (Å²) in [6, 6.07) is 0. The first kappa shape index (κ1) is 8.84. The zero-order valence-corrected chi connectivity index (χ0v) is 7.66. The monoisotopic (exact) mass is 166 g/mol. The van der Waals surface area contributed by atoms with E-state index in [1.54, 1.807) is 6.92 Å². The Balaban J connectivity index is 2.83. The number of rotatable bonds is 2. The molecule has 66 valence electrons. The summed E-state index contributed by atoms with van der Waals surface area (Å²) in [6.07, 6.45) is 3.92. The van der Waals surface area contributed by atoms with E-state index in [0.29, 0.717) is 17.4 Å². The largest absolute Gasteiger partial charge is 0.394 e. The number of hydrogen-bond donors (Lipinski definition) is 1. The summed E-state index contributed by atoms with van der Waals surface area (Å²) < 4.78 is 4.90. The SMILES string of the molecule is Cc1onc(C=CC(C)C)c1N. The maximum atomic E-state index is 5.68. The van der Waals surface area contributed by atoms with Crippen LogP contribution in [0.3, 0.4) is 0 Å². The zero-order chi connectivity index (χ0) is 9.14. The molecule has 0 amide bonds. The molecule has 0 aliphatic rings. The van der Waals surface area contributed by atoms with E-state index in [1.165, 1.54) is 0 Å². The Morgan fingerprint density at radius 1 is 1.50 bits per heavy atom. The summed E-state index contributed by atoms with van der Waals surface area (Å²) in [5.74, 6) is 1.18. The second kappa shape index (κ2) is 3.43. The number of aromatic nitrogens is 1. The molecule has 1 heterocycles. The van der Waals surface area contributed by atoms with Crippen LogP contribution in [-0.4, -0.2) is 5.16 Å². The highest BCUT2D eigenvalue weighted by Gasteiger charge is 2.04. The summed E-state index contributed by atoms with van der Waals surface area (Å²) >= 11 is 0. The fourth-order valence-corrected chi connectivity index (χ4v) is 0.800. The van der Waals surface area contributed by atoms with Crippen LogP contribution in [0.15, 0.2) is 10.6 Å². The minimum Gasteiger partial charge on any atom is -0.394 e. The molecule has 1 aromatic heterocycles. The first-order chi connectivity index (χ1) is 5.61. The number of aryl methyl sites for hydroxylation is 1. The molecule has 0 saturated heterocycles. The van der Waals surface area contributed by atoms with Crippen molar-refractivity contribution in [2.24, 2.45) is 5.92 Å². The summed E-state index contributed by atoms with van der Waals surface area (Å²) in [5.41, 5.74) is 7.04. The van der Waals surface area contributed by atoms with Crippen molar-refractivity contribution in [1.82, 2.24) is 5.16 Å². The molecule has 0 spiro atoms. The molecule has 0 saturated carbocycles. The van der Waals surface area contributed by atoms with E-state index in [0.717, 1.165) is 5.69 Å². The lowest BCUT2D eigenvalue weighted by Crippen LogP contribution is -1.87. The Kier molecular flexibility index (Phi) is 2.53. The molecule has 1 rings (SSSR count). The second-order valence-corrected chi connectivity index (χ2v) is 3.14. The molecule has 0 radical (unpaired) electrons. The lowest BCUT2D eigenvalue weighted by Gasteiger charge is -1.91. The highest BCUT2D eigenvalue weighted by atomic mass is 16.5. The van der Waals surface area contributed by atoms with Gasteiger partial charge in [-0.15, -0.1) is 0 Å². The third-order valence-electron chi connectivity index (χ3n) is 1.58. The van der Waals surface area contributed by atoms with Crippen molar-refractivity contribution in [2.45, 2.75) is 20.8 Å². The standard InChI is InChI=1S/C9H14N2O/c1-6(2)4-5-8-9(10)7(3)12-11-8/h4-6H,10H2,1-3H3. The molecule has 0 fully saturated rings. The minimum absolute atomic E-state index is 0.501. The quantitative estimate of drug-likeness (QED) is 0.733. The fraction of sp³-hybridized carbons (Fsp3) is 0.444. The third-order valence-corrected chi connectivity index (χ3v) is 1.58. The minimum atomic E-state index is 0.501. The van der Waals surface area contributed by atoms with Gasteiger partial charge in [-0.1, -0.05) is 25.1 Å². The van der Waals surface area contributed by atoms with Crippen LogP contribution in [0.4, 0.5) is 5.69 Å². The number of nitrogens with two attached hydrogens (primary N) is 1. The van der Waals surface area contributed by atoms with Gasteiger partial charge >= 0.3 is 0 Å². The van der Waals surface area contributed by atoms with Crippen LogP contribution in [0.2, 0.25) is 0 Å². The molecule has 2 N–H and O–H groups in total. The van der Waals surface area contributed by atoms with E-state index in [-0.39, 0.29) is 0 Å². The van der Waals surface area contributed by atoms with E-state index in [4.69, 9.17) is 10.3 Å². The Bertz CT molecular complexity index is 287. The highest BCUT2D eigenvalue weighted by Crippen LogP contribution is 2.17. The summed E-state index contributed by atoms with van der Waals surface area (Å²) in [6.45, 7) is 5.99. The molecule has 0 aliphatic carbocycles. The predicted molar refractivity (Wildman–Crippen MR) is 49.5 cm³/mol. The van der Waals surface area contributed by atoms with Gasteiger partial charge in [0.05, 0.1) is 0 Å². The van der Waals surface area contributed by atoms with Crippen LogP contribution in [0.25, 0.3) is 6.08 Å². The lowest BCUT2D eigenvalue weighted by molar-refractivity contribution is 0.396. The van der Waals surface area contributed by atoms with Crippen molar-refractivity contribution in [3.63, 3.8) is 0 Å². The van der Waals surface area contributed by atoms with Crippen molar-refractivity contribution < 1.29 is 4.52 Å². The number of anilines is 1. The molecule has 3 heteroatoms. The van der Waals surface area contributed by atoms with Crippen molar-refractivity contribution in [3.8, 4) is 0 Å². The van der Waals surface area contributed by atoms with Gasteiger partial charge in [-0.3, -0.25) is 0 Å². The maximum absolute atomic E-state index is 5.68. The van der Waals surface area contributed by atoms with Gasteiger partial charge in [0.15, 0.2) is 5.76 Å². The number of allylic oxidation sites excluding steroid dienone is 1. The molecule has 0 aliphatic heterocycles. The van der Waals surface area contributed by atoms with Gasteiger partial charge in [0.25, 0.3) is 0 Å². The average Bonchev–Trinajstić information content (AvgIpc) is 2.30. The van der Waals surface area contributed by atoms with Crippen molar-refractivity contribution in [1.29, 1.82) is 0 Å². The van der Waals surface area contributed by atoms with Gasteiger partial charge in [0.1, 0.15) is 11.4 Å². The fourth-order valence-electron chi connectivity index (χ4n) is 0.800. The van der Waals surface area contributed by atoms with Crippen LogP contribution in [0, 0.1) is 12.8 Å². The molecule has 1 aromatic rings. The maximum Gasteiger partial charge on any atom is 0.157 e. The van der Waals surface area contributed by atoms with Crippen LogP contribution in [-0.2, 0) is 0 Å². The number of hydrogen-bond acceptors (Lipinski definition) is 3. The van der Waals surface area contributed by atoms with Gasteiger partial charge in [0.2, 0.25) is 0 Å². The van der Waals surface area contributed by atoms with Crippen LogP contribution < -0.4 is 5.73 Å². The molecule has 12 heavy (non-hydrogen) atoms. The van der Waals surface area contributed by atoms with Crippen LogP contribution in [0.5, 0.6) is 0 Å². The van der Waals surface area contributed by atoms with E-state index < -0.39 is 0 Å². The predicted octanol–water partition coefficient (Wildman–Crippen LogP) is 2.23. The van der Waals surface area contributed by atoms with Crippen LogP contribution >= 0.6 is 0 Å². The first-order valence-corrected chi connectivity index (χ1v) is 4.01. The molecule has 3 nitrogen and oxygen atoms in total. The average molecular weight is 166 g/mol. The molecule has 0 atom stereocenters. The zero-order valence-electron chi connectivity index (χ0n) is 7.66. The van der Waals surface area contributed by atoms with E-state index >= 15 is 0 Å². The van der Waals surface area contributed by atoms with E-state index in [2.05, 4.69) is 19.0 Å². The number of nitrogen functional groups attached to an aromatic ring is 1. The van der Waals surface area contributed by atoms with Crippen molar-refractivity contribution in [2.75, 3.05) is 5.73 Å². The summed E-state index contributed by atoms with van der Waals surface area (Å²) in [7, 11) is 0. The van der Waals surface area contributed by atoms with E-state index in [1.807, 2.05) is 12.2 Å². The Hall–Kier alpha value is -1.25. The Morgan fingerprint density at radius 2 is 2.17 bits per heavy atom. The molecule has 0 bridgehead atoms. The lowest BCUT2D eigenvalue weighted by atomic mass is 10.2. The van der Waals surface area contributed by atoms with Gasteiger partial charge in [-0.2, -0.15) is 0 Å². The smallest absolute Gasteiger partial charge is 0.157 e. The summed E-state index contributed by atoms with van der Waals surface area (Å²) in [5, 5.41) is 3.80. The first-order valence-electron chi connectivity index (χ1n) is 4.01.